The van der Waals surface area contributed by atoms with Gasteiger partial charge < -0.3 is 14.7 Å². The fourth-order valence-corrected chi connectivity index (χ4v) is 4.01. The fraction of sp³-hybridized carbons (Fsp3) is 0.429. The molecule has 0 heterocycles. The van der Waals surface area contributed by atoms with Gasteiger partial charge in [-0.05, 0) is 49.7 Å². The van der Waals surface area contributed by atoms with Crippen molar-refractivity contribution in [2.45, 2.75) is 24.9 Å². The van der Waals surface area contributed by atoms with Crippen molar-refractivity contribution in [3.63, 3.8) is 0 Å². The van der Waals surface area contributed by atoms with Gasteiger partial charge in [-0.25, -0.2) is 0 Å². The zero-order valence-electron chi connectivity index (χ0n) is 14.8. The third-order valence-corrected chi connectivity index (χ3v) is 5.16. The number of ether oxygens (including phenoxy) is 1. The van der Waals surface area contributed by atoms with Crippen LogP contribution in [0.3, 0.4) is 0 Å². The van der Waals surface area contributed by atoms with Crippen LogP contribution in [0.5, 0.6) is 5.75 Å². The van der Waals surface area contributed by atoms with Crippen LogP contribution in [-0.2, 0) is 18.4 Å². The molecule has 0 aromatic heterocycles. The number of benzene rings is 2. The summed E-state index contributed by atoms with van der Waals surface area (Å²) in [5, 5.41) is 11.8. The van der Waals surface area contributed by atoms with E-state index in [2.05, 4.69) is 43.3 Å². The lowest BCUT2D eigenvalue weighted by Crippen LogP contribution is -2.45. The predicted molar refractivity (Wildman–Crippen MR) is 97.4 cm³/mol. The molecule has 128 valence electrons. The monoisotopic (exact) mass is 325 g/mol. The minimum absolute atomic E-state index is 0.201. The van der Waals surface area contributed by atoms with Crippen LogP contribution < -0.4 is 4.74 Å². The summed E-state index contributed by atoms with van der Waals surface area (Å²) >= 11 is 0. The smallest absolute Gasteiger partial charge is 0.122 e. The molecule has 0 spiro atoms. The molecule has 0 amide bonds. The Kier molecular flexibility index (Phi) is 4.93. The number of hydrogen-bond donors (Lipinski definition) is 1. The number of aliphatic hydroxyl groups is 1. The number of hydrogen-bond acceptors (Lipinski definition) is 3. The molecule has 2 unspecified atom stereocenters. The fourth-order valence-electron chi connectivity index (χ4n) is 4.01. The highest BCUT2D eigenvalue weighted by atomic mass is 16.5. The third kappa shape index (κ3) is 3.19. The van der Waals surface area contributed by atoms with Gasteiger partial charge in [0.05, 0.1) is 12.7 Å². The van der Waals surface area contributed by atoms with Gasteiger partial charge in [0.25, 0.3) is 0 Å². The van der Waals surface area contributed by atoms with Crippen LogP contribution in [0.15, 0.2) is 48.5 Å². The molecule has 1 N–H and O–H groups in total. The normalized spacial score (nSPS) is 23.1. The minimum Gasteiger partial charge on any atom is -0.496 e. The van der Waals surface area contributed by atoms with Crippen LogP contribution >= 0.6 is 0 Å². The number of rotatable bonds is 5. The lowest BCUT2D eigenvalue weighted by molar-refractivity contribution is -0.0438. The second-order valence-corrected chi connectivity index (χ2v) is 7.07. The van der Waals surface area contributed by atoms with Gasteiger partial charge in [-0.1, -0.05) is 42.5 Å². The maximum Gasteiger partial charge on any atom is 0.122 e. The maximum atomic E-state index is 11.8. The van der Waals surface area contributed by atoms with E-state index in [-0.39, 0.29) is 5.92 Å². The maximum absolute atomic E-state index is 11.8. The molecule has 24 heavy (non-hydrogen) atoms. The molecule has 3 rings (SSSR count). The summed E-state index contributed by atoms with van der Waals surface area (Å²) in [6.45, 7) is 0.875. The minimum atomic E-state index is -0.867. The second kappa shape index (κ2) is 6.96. The molecule has 3 heteroatoms. The number of methoxy groups -OCH3 is 1. The van der Waals surface area contributed by atoms with Gasteiger partial charge in [0.15, 0.2) is 0 Å². The van der Waals surface area contributed by atoms with Gasteiger partial charge >= 0.3 is 0 Å². The Morgan fingerprint density at radius 3 is 2.58 bits per heavy atom. The van der Waals surface area contributed by atoms with E-state index in [9.17, 15) is 5.11 Å². The zero-order chi connectivity index (χ0) is 17.2. The summed E-state index contributed by atoms with van der Waals surface area (Å²) in [6, 6.07) is 16.3. The number of para-hydroxylation sites is 1. The lowest BCUT2D eigenvalue weighted by Gasteiger charge is -2.43. The van der Waals surface area contributed by atoms with Crippen molar-refractivity contribution < 1.29 is 9.84 Å². The molecule has 0 fully saturated rings. The summed E-state index contributed by atoms with van der Waals surface area (Å²) in [7, 11) is 5.84. The summed E-state index contributed by atoms with van der Waals surface area (Å²) < 4.78 is 5.51. The number of nitrogens with zero attached hydrogens (tertiary/aromatic N) is 1. The summed E-state index contributed by atoms with van der Waals surface area (Å²) in [5.41, 5.74) is 2.54. The molecule has 2 aromatic carbocycles. The average Bonchev–Trinajstić information content (AvgIpc) is 2.58. The lowest BCUT2D eigenvalue weighted by atomic mass is 9.68. The van der Waals surface area contributed by atoms with E-state index in [1.807, 2.05) is 24.3 Å². The Hall–Kier alpha value is -1.84. The highest BCUT2D eigenvalue weighted by Gasteiger charge is 2.43. The predicted octanol–water partition coefficient (Wildman–Crippen LogP) is 3.25. The van der Waals surface area contributed by atoms with E-state index >= 15 is 0 Å². The molecule has 0 saturated carbocycles. The van der Waals surface area contributed by atoms with Gasteiger partial charge in [-0.3, -0.25) is 0 Å². The van der Waals surface area contributed by atoms with Crippen molar-refractivity contribution in [2.75, 3.05) is 27.7 Å². The van der Waals surface area contributed by atoms with Gasteiger partial charge in [-0.2, -0.15) is 0 Å². The van der Waals surface area contributed by atoms with Crippen molar-refractivity contribution >= 4 is 0 Å². The molecular formula is C21H27NO2. The molecule has 3 nitrogen and oxygen atoms in total. The van der Waals surface area contributed by atoms with Crippen molar-refractivity contribution in [2.24, 2.45) is 5.92 Å². The van der Waals surface area contributed by atoms with E-state index in [4.69, 9.17) is 4.74 Å². The Morgan fingerprint density at radius 1 is 1.12 bits per heavy atom. The van der Waals surface area contributed by atoms with Crippen LogP contribution in [0.4, 0.5) is 0 Å². The Labute approximate surface area is 144 Å². The largest absolute Gasteiger partial charge is 0.496 e. The standard InChI is InChI=1S/C21H27NO2/c1-22(2)15-18-13-12-16-8-4-6-10-19(16)21(18,23)14-17-9-5-7-11-20(17)24-3/h4-11,18,23H,12-15H2,1-3H3. The highest BCUT2D eigenvalue weighted by molar-refractivity contribution is 5.41. The molecule has 0 aliphatic heterocycles. The quantitative estimate of drug-likeness (QED) is 0.916. The Bertz CT molecular complexity index is 698. The van der Waals surface area contributed by atoms with E-state index in [1.165, 1.54) is 5.56 Å². The zero-order valence-corrected chi connectivity index (χ0v) is 14.8. The molecule has 0 bridgehead atoms. The van der Waals surface area contributed by atoms with Crippen LogP contribution in [0, 0.1) is 5.92 Å². The van der Waals surface area contributed by atoms with E-state index in [1.54, 1.807) is 7.11 Å². The second-order valence-electron chi connectivity index (χ2n) is 7.07. The van der Waals surface area contributed by atoms with Crippen LogP contribution in [0.1, 0.15) is 23.1 Å². The van der Waals surface area contributed by atoms with Crippen molar-refractivity contribution in [3.8, 4) is 5.75 Å². The SMILES string of the molecule is COc1ccccc1CC1(O)c2ccccc2CCC1CN(C)C. The highest BCUT2D eigenvalue weighted by Crippen LogP contribution is 2.43. The van der Waals surface area contributed by atoms with Gasteiger partial charge in [0.2, 0.25) is 0 Å². The van der Waals surface area contributed by atoms with Gasteiger partial charge in [0, 0.05) is 18.9 Å². The first-order valence-electron chi connectivity index (χ1n) is 8.62. The first-order chi connectivity index (χ1) is 11.5. The first kappa shape index (κ1) is 17.0. The molecule has 2 atom stereocenters. The van der Waals surface area contributed by atoms with Crippen LogP contribution in [-0.4, -0.2) is 37.8 Å². The molecule has 1 aliphatic rings. The summed E-state index contributed by atoms with van der Waals surface area (Å²) in [6.07, 6.45) is 2.61. The summed E-state index contributed by atoms with van der Waals surface area (Å²) in [5.74, 6) is 1.05. The topological polar surface area (TPSA) is 32.7 Å². The Morgan fingerprint density at radius 2 is 1.83 bits per heavy atom. The molecule has 2 aromatic rings. The molecular weight excluding hydrogens is 298 g/mol. The number of aryl methyl sites for hydroxylation is 1. The molecule has 0 radical (unpaired) electrons. The van der Waals surface area contributed by atoms with Gasteiger partial charge in [0.1, 0.15) is 5.75 Å². The van der Waals surface area contributed by atoms with Crippen LogP contribution in [0.25, 0.3) is 0 Å². The average molecular weight is 325 g/mol. The third-order valence-electron chi connectivity index (χ3n) is 5.16. The van der Waals surface area contributed by atoms with Gasteiger partial charge in [-0.15, -0.1) is 0 Å². The molecule has 0 saturated heterocycles. The van der Waals surface area contributed by atoms with E-state index in [0.717, 1.165) is 36.3 Å². The molecule has 1 aliphatic carbocycles. The number of fused-ring (bicyclic) bond motifs is 1. The van der Waals surface area contributed by atoms with Crippen molar-refractivity contribution in [1.29, 1.82) is 0 Å². The van der Waals surface area contributed by atoms with Crippen LogP contribution in [0.2, 0.25) is 0 Å². The van der Waals surface area contributed by atoms with E-state index in [0.29, 0.717) is 6.42 Å². The van der Waals surface area contributed by atoms with Crippen molar-refractivity contribution in [1.82, 2.24) is 4.90 Å². The van der Waals surface area contributed by atoms with Crippen molar-refractivity contribution in [3.05, 3.63) is 65.2 Å². The first-order valence-corrected chi connectivity index (χ1v) is 8.62. The van der Waals surface area contributed by atoms with E-state index < -0.39 is 5.60 Å². The Balaban J connectivity index is 2.04. The summed E-state index contributed by atoms with van der Waals surface area (Å²) in [4.78, 5) is 2.17.